The van der Waals surface area contributed by atoms with Gasteiger partial charge in [-0.05, 0) is 48.2 Å². The van der Waals surface area contributed by atoms with Crippen molar-refractivity contribution in [3.63, 3.8) is 0 Å². The van der Waals surface area contributed by atoms with Crippen molar-refractivity contribution in [1.82, 2.24) is 10.2 Å². The highest BCUT2D eigenvalue weighted by Crippen LogP contribution is 2.25. The summed E-state index contributed by atoms with van der Waals surface area (Å²) in [7, 11) is 0. The molecule has 4 heteroatoms. The average molecular weight is 285 g/mol. The SMILES string of the molecule is Cc1[nH]nc2cc(C(=O)Cl)cc(Cc3ccccc3)c12. The van der Waals surface area contributed by atoms with Crippen LogP contribution in [0.4, 0.5) is 0 Å². The number of fused-ring (bicyclic) bond motifs is 1. The zero-order chi connectivity index (χ0) is 14.1. The zero-order valence-electron chi connectivity index (χ0n) is 11.0. The van der Waals surface area contributed by atoms with Gasteiger partial charge >= 0.3 is 0 Å². The molecule has 0 aliphatic heterocycles. The molecule has 1 N–H and O–H groups in total. The van der Waals surface area contributed by atoms with E-state index in [2.05, 4.69) is 22.3 Å². The Morgan fingerprint density at radius 3 is 2.70 bits per heavy atom. The second kappa shape index (κ2) is 5.10. The molecule has 0 spiro atoms. The van der Waals surface area contributed by atoms with Gasteiger partial charge in [0.2, 0.25) is 0 Å². The number of nitrogens with one attached hydrogen (secondary N) is 1. The first-order chi connectivity index (χ1) is 9.65. The molecule has 0 amide bonds. The molecule has 0 saturated heterocycles. The lowest BCUT2D eigenvalue weighted by molar-refractivity contribution is 0.108. The van der Waals surface area contributed by atoms with Crippen LogP contribution in [0.5, 0.6) is 0 Å². The molecular weight excluding hydrogens is 272 g/mol. The van der Waals surface area contributed by atoms with E-state index in [9.17, 15) is 4.79 Å². The van der Waals surface area contributed by atoms with Crippen LogP contribution in [-0.4, -0.2) is 15.4 Å². The second-order valence-corrected chi connectivity index (χ2v) is 5.16. The van der Waals surface area contributed by atoms with Crippen LogP contribution >= 0.6 is 11.6 Å². The predicted molar refractivity (Wildman–Crippen MR) is 80.3 cm³/mol. The van der Waals surface area contributed by atoms with Crippen LogP contribution < -0.4 is 0 Å². The minimum atomic E-state index is -0.457. The highest BCUT2D eigenvalue weighted by Gasteiger charge is 2.13. The molecule has 2 aromatic carbocycles. The monoisotopic (exact) mass is 284 g/mol. The van der Waals surface area contributed by atoms with Gasteiger partial charge in [-0.3, -0.25) is 9.89 Å². The number of hydrogen-bond donors (Lipinski definition) is 1. The number of H-pyrrole nitrogens is 1. The van der Waals surface area contributed by atoms with Gasteiger partial charge in [-0.25, -0.2) is 0 Å². The fourth-order valence-corrected chi connectivity index (χ4v) is 2.58. The van der Waals surface area contributed by atoms with Crippen LogP contribution in [0.1, 0.15) is 27.2 Å². The molecule has 0 saturated carbocycles. The maximum atomic E-state index is 11.4. The van der Waals surface area contributed by atoms with E-state index < -0.39 is 5.24 Å². The summed E-state index contributed by atoms with van der Waals surface area (Å²) < 4.78 is 0. The summed E-state index contributed by atoms with van der Waals surface area (Å²) >= 11 is 5.61. The Morgan fingerprint density at radius 1 is 1.25 bits per heavy atom. The van der Waals surface area contributed by atoms with Crippen molar-refractivity contribution >= 4 is 27.7 Å². The molecule has 3 nitrogen and oxygen atoms in total. The first-order valence-electron chi connectivity index (χ1n) is 6.36. The number of aromatic amines is 1. The van der Waals surface area contributed by atoms with Crippen molar-refractivity contribution in [1.29, 1.82) is 0 Å². The lowest BCUT2D eigenvalue weighted by Gasteiger charge is -2.06. The second-order valence-electron chi connectivity index (χ2n) is 4.81. The molecule has 100 valence electrons. The molecule has 0 fully saturated rings. The Hall–Kier alpha value is -2.13. The Bertz CT molecular complexity index is 778. The first kappa shape index (κ1) is 12.9. The van der Waals surface area contributed by atoms with Crippen molar-refractivity contribution in [2.75, 3.05) is 0 Å². The quantitative estimate of drug-likeness (QED) is 0.743. The van der Waals surface area contributed by atoms with Gasteiger partial charge in [-0.1, -0.05) is 30.3 Å². The van der Waals surface area contributed by atoms with Gasteiger partial charge < -0.3 is 0 Å². The lowest BCUT2D eigenvalue weighted by Crippen LogP contribution is -1.95. The number of aromatic nitrogens is 2. The summed E-state index contributed by atoms with van der Waals surface area (Å²) in [6.07, 6.45) is 0.746. The van der Waals surface area contributed by atoms with Gasteiger partial charge in [0, 0.05) is 16.6 Å². The van der Waals surface area contributed by atoms with Crippen LogP contribution in [0.3, 0.4) is 0 Å². The molecule has 3 aromatic rings. The first-order valence-corrected chi connectivity index (χ1v) is 6.74. The highest BCUT2D eigenvalue weighted by molar-refractivity contribution is 6.67. The number of nitrogens with zero attached hydrogens (tertiary/aromatic N) is 1. The average Bonchev–Trinajstić information content (AvgIpc) is 2.82. The van der Waals surface area contributed by atoms with Crippen molar-refractivity contribution < 1.29 is 4.79 Å². The minimum Gasteiger partial charge on any atom is -0.282 e. The van der Waals surface area contributed by atoms with E-state index in [1.807, 2.05) is 31.2 Å². The molecular formula is C16H13ClN2O. The van der Waals surface area contributed by atoms with Gasteiger partial charge in [-0.2, -0.15) is 5.10 Å². The third kappa shape index (κ3) is 2.32. The van der Waals surface area contributed by atoms with Gasteiger partial charge in [0.25, 0.3) is 5.24 Å². The fraction of sp³-hybridized carbons (Fsp3) is 0.125. The largest absolute Gasteiger partial charge is 0.282 e. The summed E-state index contributed by atoms with van der Waals surface area (Å²) in [4.78, 5) is 11.4. The van der Waals surface area contributed by atoms with E-state index in [0.717, 1.165) is 28.6 Å². The summed E-state index contributed by atoms with van der Waals surface area (Å²) in [6, 6.07) is 13.7. The van der Waals surface area contributed by atoms with Crippen molar-refractivity contribution in [3.05, 3.63) is 64.8 Å². The van der Waals surface area contributed by atoms with Crippen LogP contribution in [0.15, 0.2) is 42.5 Å². The number of benzene rings is 2. The molecule has 20 heavy (non-hydrogen) atoms. The maximum Gasteiger partial charge on any atom is 0.252 e. The summed E-state index contributed by atoms with van der Waals surface area (Å²) in [5.74, 6) is 0. The number of halogens is 1. The number of aryl methyl sites for hydroxylation is 1. The van der Waals surface area contributed by atoms with E-state index in [1.54, 1.807) is 6.07 Å². The molecule has 0 unspecified atom stereocenters. The smallest absolute Gasteiger partial charge is 0.252 e. The van der Waals surface area contributed by atoms with Crippen LogP contribution in [0, 0.1) is 6.92 Å². The summed E-state index contributed by atoms with van der Waals surface area (Å²) in [5.41, 5.74) is 4.51. The summed E-state index contributed by atoms with van der Waals surface area (Å²) in [5, 5.41) is 7.80. The standard InChI is InChI=1S/C16H13ClN2O/c1-10-15-12(7-11-5-3-2-4-6-11)8-13(16(17)20)9-14(15)19-18-10/h2-6,8-9H,7H2,1H3,(H,18,19). The van der Waals surface area contributed by atoms with E-state index in [0.29, 0.717) is 5.56 Å². The Labute approximate surface area is 121 Å². The topological polar surface area (TPSA) is 45.8 Å². The summed E-state index contributed by atoms with van der Waals surface area (Å²) in [6.45, 7) is 1.98. The van der Waals surface area contributed by atoms with Crippen molar-refractivity contribution in [2.24, 2.45) is 0 Å². The minimum absolute atomic E-state index is 0.457. The molecule has 1 heterocycles. The van der Waals surface area contributed by atoms with E-state index in [-0.39, 0.29) is 0 Å². The van der Waals surface area contributed by atoms with E-state index in [1.165, 1.54) is 5.56 Å². The fourth-order valence-electron chi connectivity index (χ4n) is 2.48. The van der Waals surface area contributed by atoms with Crippen LogP contribution in [0.25, 0.3) is 10.9 Å². The highest BCUT2D eigenvalue weighted by atomic mass is 35.5. The molecule has 3 rings (SSSR count). The van der Waals surface area contributed by atoms with Gasteiger partial charge in [0.1, 0.15) is 0 Å². The number of rotatable bonds is 3. The van der Waals surface area contributed by atoms with Crippen molar-refractivity contribution in [2.45, 2.75) is 13.3 Å². The zero-order valence-corrected chi connectivity index (χ0v) is 11.7. The Balaban J connectivity index is 2.16. The molecule has 0 atom stereocenters. The Morgan fingerprint density at radius 2 is 2.00 bits per heavy atom. The Kier molecular flexibility index (Phi) is 3.28. The van der Waals surface area contributed by atoms with Crippen molar-refractivity contribution in [3.8, 4) is 0 Å². The lowest BCUT2D eigenvalue weighted by atomic mass is 9.98. The van der Waals surface area contributed by atoms with Gasteiger partial charge in [0.05, 0.1) is 5.52 Å². The number of carbonyl (C=O) groups excluding carboxylic acids is 1. The van der Waals surface area contributed by atoms with E-state index >= 15 is 0 Å². The van der Waals surface area contributed by atoms with Crippen LogP contribution in [0.2, 0.25) is 0 Å². The van der Waals surface area contributed by atoms with Gasteiger partial charge in [0.15, 0.2) is 0 Å². The third-order valence-corrected chi connectivity index (χ3v) is 3.60. The van der Waals surface area contributed by atoms with Crippen LogP contribution in [-0.2, 0) is 6.42 Å². The molecule has 0 radical (unpaired) electrons. The van der Waals surface area contributed by atoms with E-state index in [4.69, 9.17) is 11.6 Å². The van der Waals surface area contributed by atoms with Gasteiger partial charge in [-0.15, -0.1) is 0 Å². The molecule has 0 bridgehead atoms. The predicted octanol–water partition coefficient (Wildman–Crippen LogP) is 3.84. The normalized spacial score (nSPS) is 10.9. The molecule has 0 aliphatic carbocycles. The number of hydrogen-bond acceptors (Lipinski definition) is 2. The maximum absolute atomic E-state index is 11.4. The molecule has 1 aromatic heterocycles. The number of carbonyl (C=O) groups is 1. The third-order valence-electron chi connectivity index (χ3n) is 3.38. The molecule has 0 aliphatic rings.